The molecule has 0 saturated carbocycles. The molecule has 40 heavy (non-hydrogen) atoms. The van der Waals surface area contributed by atoms with Crippen LogP contribution in [0, 0.1) is 6.92 Å². The molecule has 2 atom stereocenters. The number of halogens is 3. The van der Waals surface area contributed by atoms with Gasteiger partial charge in [-0.05, 0) is 36.2 Å². The molecule has 1 aromatic heterocycles. The van der Waals surface area contributed by atoms with Crippen molar-refractivity contribution in [1.82, 2.24) is 19.4 Å². The summed E-state index contributed by atoms with van der Waals surface area (Å²) in [5.74, 6) is -0.516. The van der Waals surface area contributed by atoms with E-state index < -0.39 is 5.79 Å². The number of carbonyl (C=O) groups is 1. The monoisotopic (exact) mass is 608 g/mol. The maximum atomic E-state index is 11.7. The van der Waals surface area contributed by atoms with Gasteiger partial charge in [0.15, 0.2) is 0 Å². The van der Waals surface area contributed by atoms with Gasteiger partial charge in [-0.3, -0.25) is 4.90 Å². The van der Waals surface area contributed by atoms with Crippen molar-refractivity contribution in [3.63, 3.8) is 0 Å². The molecule has 0 aliphatic carbocycles. The van der Waals surface area contributed by atoms with Crippen LogP contribution in [-0.4, -0.2) is 78.1 Å². The number of aromatic nitrogens is 2. The van der Waals surface area contributed by atoms with Crippen LogP contribution in [0.2, 0.25) is 15.1 Å². The minimum Gasteiger partial charge on any atom is -0.489 e. The van der Waals surface area contributed by atoms with Gasteiger partial charge < -0.3 is 28.4 Å². The Bertz CT molecular complexity index is 1310. The van der Waals surface area contributed by atoms with E-state index in [1.807, 2.05) is 29.8 Å². The van der Waals surface area contributed by atoms with Crippen molar-refractivity contribution < 1.29 is 23.7 Å². The third kappa shape index (κ3) is 6.51. The lowest BCUT2D eigenvalue weighted by Gasteiger charge is -2.33. The van der Waals surface area contributed by atoms with Crippen LogP contribution in [0.5, 0.6) is 5.75 Å². The van der Waals surface area contributed by atoms with E-state index >= 15 is 0 Å². The van der Waals surface area contributed by atoms with Gasteiger partial charge in [0, 0.05) is 55.7 Å². The van der Waals surface area contributed by atoms with Crippen molar-refractivity contribution in [3.8, 4) is 5.75 Å². The van der Waals surface area contributed by atoms with Crippen LogP contribution in [0.3, 0.4) is 0 Å². The second-order valence-electron chi connectivity index (χ2n) is 9.93. The molecule has 0 radical (unpaired) electrons. The maximum Gasteiger partial charge on any atom is 0.409 e. The molecule has 0 spiro atoms. The number of imidazole rings is 1. The standard InChI is InChI=1S/C28H31Cl3N4O5/c1-19-11-20(14-33-7-9-35(10-8-33)27(36)37-2)12-25(31)26(19)38-15-22-16-39-28(40-22,17-34-6-5-32-18-34)23-4-3-21(29)13-24(23)30/h3-6,11-13,18,22H,7-10,14-17H2,1-2H3/t22-,28-/m1/s1. The Hall–Kier alpha value is -2.53. The molecule has 2 aliphatic heterocycles. The number of benzene rings is 2. The van der Waals surface area contributed by atoms with Crippen molar-refractivity contribution in [1.29, 1.82) is 0 Å². The molecule has 3 aromatic rings. The Balaban J connectivity index is 1.23. The Labute approximate surface area is 248 Å². The maximum absolute atomic E-state index is 11.7. The average molecular weight is 610 g/mol. The summed E-state index contributed by atoms with van der Waals surface area (Å²) in [5, 5.41) is 1.52. The predicted octanol–water partition coefficient (Wildman–Crippen LogP) is 5.38. The fourth-order valence-corrected chi connectivity index (χ4v) is 6.00. The van der Waals surface area contributed by atoms with Crippen molar-refractivity contribution >= 4 is 40.9 Å². The normalized spacial score (nSPS) is 21.5. The van der Waals surface area contributed by atoms with Crippen LogP contribution >= 0.6 is 34.8 Å². The van der Waals surface area contributed by atoms with Crippen molar-refractivity contribution in [2.45, 2.75) is 31.9 Å². The molecule has 2 saturated heterocycles. The van der Waals surface area contributed by atoms with Crippen molar-refractivity contribution in [2.24, 2.45) is 0 Å². The van der Waals surface area contributed by atoms with E-state index in [2.05, 4.69) is 16.0 Å². The van der Waals surface area contributed by atoms with Gasteiger partial charge in [-0.1, -0.05) is 46.9 Å². The molecular weight excluding hydrogens is 579 g/mol. The van der Waals surface area contributed by atoms with Gasteiger partial charge in [0.1, 0.15) is 18.5 Å². The van der Waals surface area contributed by atoms with E-state index in [4.69, 9.17) is 53.8 Å². The Kier molecular flexibility index (Phi) is 9.09. The van der Waals surface area contributed by atoms with E-state index in [-0.39, 0.29) is 18.8 Å². The van der Waals surface area contributed by atoms with Crippen LogP contribution in [0.15, 0.2) is 49.1 Å². The molecule has 1 amide bonds. The fraction of sp³-hybridized carbons (Fsp3) is 0.429. The van der Waals surface area contributed by atoms with Crippen molar-refractivity contribution in [3.05, 3.63) is 80.8 Å². The lowest BCUT2D eigenvalue weighted by molar-refractivity contribution is -0.189. The minimum absolute atomic E-state index is 0.242. The van der Waals surface area contributed by atoms with Crippen molar-refractivity contribution in [2.75, 3.05) is 46.5 Å². The molecule has 3 heterocycles. The second kappa shape index (κ2) is 12.5. The molecule has 0 N–H and O–H groups in total. The van der Waals surface area contributed by atoms with Gasteiger partial charge in [0.2, 0.25) is 5.79 Å². The number of rotatable bonds is 8. The number of carbonyl (C=O) groups excluding carboxylic acids is 1. The van der Waals surface area contributed by atoms with E-state index in [0.29, 0.717) is 52.6 Å². The summed E-state index contributed by atoms with van der Waals surface area (Å²) < 4.78 is 25.6. The number of piperazine rings is 1. The first kappa shape index (κ1) is 29.0. The van der Waals surface area contributed by atoms with Gasteiger partial charge in [0.25, 0.3) is 0 Å². The summed E-state index contributed by atoms with van der Waals surface area (Å²) in [6, 6.07) is 9.27. The lowest BCUT2D eigenvalue weighted by atomic mass is 10.1. The summed E-state index contributed by atoms with van der Waals surface area (Å²) >= 11 is 19.4. The third-order valence-corrected chi connectivity index (χ3v) is 7.89. The van der Waals surface area contributed by atoms with E-state index in [1.54, 1.807) is 29.6 Å². The topological polar surface area (TPSA) is 78.3 Å². The van der Waals surface area contributed by atoms with Crippen LogP contribution in [0.1, 0.15) is 16.7 Å². The fourth-order valence-electron chi connectivity index (χ4n) is 5.10. The first-order chi connectivity index (χ1) is 19.3. The zero-order chi connectivity index (χ0) is 28.3. The molecule has 0 bridgehead atoms. The SMILES string of the molecule is COC(=O)N1CCN(Cc2cc(C)c(OC[C@@H]3CO[C@@](Cn4ccnc4)(c4ccc(Cl)cc4Cl)O3)c(Cl)c2)CC1. The number of ether oxygens (including phenoxy) is 4. The molecule has 0 unspecified atom stereocenters. The van der Waals surface area contributed by atoms with Crippen LogP contribution in [-0.2, 0) is 33.1 Å². The average Bonchev–Trinajstić information content (AvgIpc) is 3.59. The largest absolute Gasteiger partial charge is 0.489 e. The third-order valence-electron chi connectivity index (χ3n) is 7.06. The highest BCUT2D eigenvalue weighted by Gasteiger charge is 2.45. The molecule has 214 valence electrons. The van der Waals surface area contributed by atoms with Gasteiger partial charge in [-0.25, -0.2) is 9.78 Å². The van der Waals surface area contributed by atoms with Gasteiger partial charge in [0.05, 0.1) is 36.6 Å². The molecule has 2 aromatic carbocycles. The summed E-state index contributed by atoms with van der Waals surface area (Å²) in [5.41, 5.74) is 2.69. The van der Waals surface area contributed by atoms with Gasteiger partial charge in [-0.15, -0.1) is 0 Å². The first-order valence-electron chi connectivity index (χ1n) is 13.0. The van der Waals surface area contributed by atoms with E-state index in [9.17, 15) is 4.79 Å². The van der Waals surface area contributed by atoms with Crippen LogP contribution < -0.4 is 4.74 Å². The Morgan fingerprint density at radius 3 is 2.60 bits per heavy atom. The summed E-state index contributed by atoms with van der Waals surface area (Å²) in [6.45, 7) is 6.40. The van der Waals surface area contributed by atoms with Crippen LogP contribution in [0.4, 0.5) is 4.79 Å². The smallest absolute Gasteiger partial charge is 0.409 e. The van der Waals surface area contributed by atoms with E-state index in [1.165, 1.54) is 7.11 Å². The molecule has 2 aliphatic rings. The lowest BCUT2D eigenvalue weighted by Crippen LogP contribution is -2.48. The van der Waals surface area contributed by atoms with Crippen LogP contribution in [0.25, 0.3) is 0 Å². The molecular formula is C28H31Cl3N4O5. The predicted molar refractivity (Wildman–Crippen MR) is 152 cm³/mol. The molecule has 12 heteroatoms. The number of hydrogen-bond donors (Lipinski definition) is 0. The van der Waals surface area contributed by atoms with E-state index in [0.717, 1.165) is 30.8 Å². The molecule has 9 nitrogen and oxygen atoms in total. The highest BCUT2D eigenvalue weighted by Crippen LogP contribution is 2.41. The minimum atomic E-state index is -1.13. The number of hydrogen-bond acceptors (Lipinski definition) is 7. The summed E-state index contributed by atoms with van der Waals surface area (Å²) in [6.07, 6.45) is 4.59. The number of aryl methyl sites for hydroxylation is 1. The van der Waals surface area contributed by atoms with Gasteiger partial charge >= 0.3 is 6.09 Å². The highest BCUT2D eigenvalue weighted by molar-refractivity contribution is 6.35. The number of amides is 1. The number of nitrogens with zero attached hydrogens (tertiary/aromatic N) is 4. The molecule has 2 fully saturated rings. The number of methoxy groups -OCH3 is 1. The zero-order valence-corrected chi connectivity index (χ0v) is 24.6. The zero-order valence-electron chi connectivity index (χ0n) is 22.3. The van der Waals surface area contributed by atoms with Gasteiger partial charge in [-0.2, -0.15) is 0 Å². The molecule has 5 rings (SSSR count). The highest BCUT2D eigenvalue weighted by atomic mass is 35.5. The summed E-state index contributed by atoms with van der Waals surface area (Å²) in [7, 11) is 1.40. The summed E-state index contributed by atoms with van der Waals surface area (Å²) in [4.78, 5) is 19.9. The first-order valence-corrected chi connectivity index (χ1v) is 14.1. The Morgan fingerprint density at radius 2 is 1.93 bits per heavy atom. The second-order valence-corrected chi connectivity index (χ2v) is 11.2. The quantitative estimate of drug-likeness (QED) is 0.339. The Morgan fingerprint density at radius 1 is 1.12 bits per heavy atom.